The predicted octanol–water partition coefficient (Wildman–Crippen LogP) is 3.53. The van der Waals surface area contributed by atoms with Gasteiger partial charge in [-0.15, -0.1) is 0 Å². The smallest absolute Gasteiger partial charge is 0.329 e. The Bertz CT molecular complexity index is 442. The summed E-state index contributed by atoms with van der Waals surface area (Å²) in [5.74, 6) is -2.86. The Balaban J connectivity index is 2.19. The van der Waals surface area contributed by atoms with E-state index < -0.39 is 16.8 Å². The summed E-state index contributed by atoms with van der Waals surface area (Å²) in [7, 11) is 0. The number of hydrogen-bond acceptors (Lipinski definition) is 2. The summed E-state index contributed by atoms with van der Waals surface area (Å²) in [6.07, 6.45) is -0.345. The first-order valence-electron chi connectivity index (χ1n) is 5.14. The average Bonchev–Trinajstić information content (AvgIpc) is 2.81. The Morgan fingerprint density at radius 2 is 1.67 bits per heavy atom. The molecule has 0 aliphatic heterocycles. The van der Waals surface area contributed by atoms with Gasteiger partial charge in [0, 0.05) is 17.9 Å². The molecule has 2 N–H and O–H groups in total. The second-order valence-electron chi connectivity index (χ2n) is 4.24. The Morgan fingerprint density at radius 1 is 1.17 bits per heavy atom. The van der Waals surface area contributed by atoms with E-state index in [0.29, 0.717) is 5.56 Å². The molecule has 1 fully saturated rings. The van der Waals surface area contributed by atoms with Gasteiger partial charge in [0.25, 0.3) is 5.92 Å². The standard InChI is InChI=1S/C11H10F5NS/c12-10(13)5-9(10,6-17)7-1-3-8(4-2-7)18-11(14,15)16/h1-4H,5-6,17H2. The van der Waals surface area contributed by atoms with Crippen LogP contribution in [0.3, 0.4) is 0 Å². The van der Waals surface area contributed by atoms with Crippen LogP contribution in [0.2, 0.25) is 0 Å². The highest BCUT2D eigenvalue weighted by Crippen LogP contribution is 2.60. The maximum atomic E-state index is 13.2. The van der Waals surface area contributed by atoms with Crippen LogP contribution in [-0.4, -0.2) is 18.0 Å². The highest BCUT2D eigenvalue weighted by molar-refractivity contribution is 8.00. The molecule has 0 amide bonds. The second-order valence-corrected chi connectivity index (χ2v) is 5.38. The van der Waals surface area contributed by atoms with Crippen molar-refractivity contribution in [2.75, 3.05) is 6.54 Å². The molecule has 1 aliphatic carbocycles. The van der Waals surface area contributed by atoms with Crippen LogP contribution in [0.15, 0.2) is 29.2 Å². The molecule has 1 nitrogen and oxygen atoms in total. The summed E-state index contributed by atoms with van der Waals surface area (Å²) in [6.45, 7) is -0.217. The lowest BCUT2D eigenvalue weighted by Gasteiger charge is -2.15. The molecule has 1 aliphatic rings. The molecule has 2 rings (SSSR count). The lowest BCUT2D eigenvalue weighted by molar-refractivity contribution is -0.0328. The monoisotopic (exact) mass is 283 g/mol. The fraction of sp³-hybridized carbons (Fsp3) is 0.455. The van der Waals surface area contributed by atoms with Crippen molar-refractivity contribution in [1.29, 1.82) is 0 Å². The van der Waals surface area contributed by atoms with Gasteiger partial charge in [0.05, 0.1) is 5.41 Å². The van der Waals surface area contributed by atoms with Gasteiger partial charge in [0.2, 0.25) is 0 Å². The highest BCUT2D eigenvalue weighted by atomic mass is 32.2. The molecule has 1 aromatic rings. The molecule has 0 saturated heterocycles. The molecular weight excluding hydrogens is 273 g/mol. The number of hydrogen-bond donors (Lipinski definition) is 1. The van der Waals surface area contributed by atoms with E-state index in [1.54, 1.807) is 0 Å². The lowest BCUT2D eigenvalue weighted by atomic mass is 9.95. The number of alkyl halides is 5. The molecule has 0 aromatic heterocycles. The zero-order valence-electron chi connectivity index (χ0n) is 9.10. The third-order valence-electron chi connectivity index (χ3n) is 3.09. The second kappa shape index (κ2) is 4.09. The SMILES string of the molecule is NCC1(c2ccc(SC(F)(F)F)cc2)CC1(F)F. The van der Waals surface area contributed by atoms with Crippen molar-refractivity contribution in [3.63, 3.8) is 0 Å². The van der Waals surface area contributed by atoms with E-state index in [0.717, 1.165) is 0 Å². The molecule has 0 spiro atoms. The third-order valence-corrected chi connectivity index (χ3v) is 3.83. The topological polar surface area (TPSA) is 26.0 Å². The van der Waals surface area contributed by atoms with Crippen LogP contribution in [0.1, 0.15) is 12.0 Å². The largest absolute Gasteiger partial charge is 0.446 e. The molecule has 1 unspecified atom stereocenters. The van der Waals surface area contributed by atoms with Crippen LogP contribution < -0.4 is 5.73 Å². The fourth-order valence-corrected chi connectivity index (χ4v) is 2.50. The Labute approximate surface area is 105 Å². The van der Waals surface area contributed by atoms with Gasteiger partial charge >= 0.3 is 5.51 Å². The van der Waals surface area contributed by atoms with E-state index in [9.17, 15) is 22.0 Å². The van der Waals surface area contributed by atoms with Crippen molar-refractivity contribution >= 4 is 11.8 Å². The number of halogens is 5. The zero-order valence-corrected chi connectivity index (χ0v) is 9.92. The maximum Gasteiger partial charge on any atom is 0.446 e. The van der Waals surface area contributed by atoms with Crippen LogP contribution in [0.5, 0.6) is 0 Å². The molecule has 7 heteroatoms. The molecule has 0 bridgehead atoms. The molecule has 0 radical (unpaired) electrons. The number of nitrogens with two attached hydrogens (primary N) is 1. The van der Waals surface area contributed by atoms with Crippen molar-refractivity contribution in [3.8, 4) is 0 Å². The normalized spacial score (nSPS) is 26.1. The summed E-state index contributed by atoms with van der Waals surface area (Å²) >= 11 is -0.271. The van der Waals surface area contributed by atoms with Crippen molar-refractivity contribution in [2.45, 2.75) is 28.2 Å². The summed E-state index contributed by atoms with van der Waals surface area (Å²) in [4.78, 5) is -0.0256. The van der Waals surface area contributed by atoms with Gasteiger partial charge in [-0.1, -0.05) is 12.1 Å². The summed E-state index contributed by atoms with van der Waals surface area (Å²) in [5, 5.41) is 0. The molecule has 100 valence electrons. The molecule has 0 heterocycles. The Kier molecular flexibility index (Phi) is 3.09. The van der Waals surface area contributed by atoms with Gasteiger partial charge in [-0.2, -0.15) is 13.2 Å². The fourth-order valence-electron chi connectivity index (χ4n) is 1.96. The first-order chi connectivity index (χ1) is 8.20. The van der Waals surface area contributed by atoms with Crippen LogP contribution in [0.25, 0.3) is 0 Å². The zero-order chi connectivity index (χ0) is 13.6. The van der Waals surface area contributed by atoms with Crippen molar-refractivity contribution in [2.24, 2.45) is 5.73 Å². The lowest BCUT2D eigenvalue weighted by Crippen LogP contribution is -2.26. The van der Waals surface area contributed by atoms with Gasteiger partial charge in [-0.05, 0) is 29.5 Å². The summed E-state index contributed by atoms with van der Waals surface area (Å²) in [6, 6.07) is 4.97. The summed E-state index contributed by atoms with van der Waals surface area (Å²) < 4.78 is 62.8. The molecule has 1 saturated carbocycles. The number of rotatable bonds is 3. The Morgan fingerprint density at radius 3 is 2.00 bits per heavy atom. The molecule has 1 atom stereocenters. The predicted molar refractivity (Wildman–Crippen MR) is 58.7 cm³/mol. The first-order valence-corrected chi connectivity index (χ1v) is 5.96. The first kappa shape index (κ1) is 13.6. The minimum Gasteiger partial charge on any atom is -0.329 e. The van der Waals surface area contributed by atoms with Gasteiger partial charge in [0.15, 0.2) is 0 Å². The van der Waals surface area contributed by atoms with Crippen LogP contribution in [0.4, 0.5) is 22.0 Å². The maximum absolute atomic E-state index is 13.2. The van der Waals surface area contributed by atoms with Crippen molar-refractivity contribution in [3.05, 3.63) is 29.8 Å². The van der Waals surface area contributed by atoms with E-state index in [1.807, 2.05) is 0 Å². The van der Waals surface area contributed by atoms with Crippen molar-refractivity contribution in [1.82, 2.24) is 0 Å². The average molecular weight is 283 g/mol. The van der Waals surface area contributed by atoms with E-state index in [1.165, 1.54) is 24.3 Å². The number of thioether (sulfide) groups is 1. The minimum absolute atomic E-state index is 0.0256. The van der Waals surface area contributed by atoms with Gasteiger partial charge in [-0.3, -0.25) is 0 Å². The van der Waals surface area contributed by atoms with E-state index in [2.05, 4.69) is 0 Å². The van der Waals surface area contributed by atoms with Gasteiger partial charge in [0.1, 0.15) is 0 Å². The number of benzene rings is 1. The van der Waals surface area contributed by atoms with Crippen molar-refractivity contribution < 1.29 is 22.0 Å². The molecule has 18 heavy (non-hydrogen) atoms. The summed E-state index contributed by atoms with van der Waals surface area (Å²) in [5.41, 5.74) is -0.129. The van der Waals surface area contributed by atoms with Crippen LogP contribution in [-0.2, 0) is 5.41 Å². The molecule has 1 aromatic carbocycles. The van der Waals surface area contributed by atoms with E-state index in [4.69, 9.17) is 5.73 Å². The Hall–Kier alpha value is -0.820. The van der Waals surface area contributed by atoms with Crippen LogP contribution >= 0.6 is 11.8 Å². The van der Waals surface area contributed by atoms with Crippen LogP contribution in [0, 0.1) is 0 Å². The van der Waals surface area contributed by atoms with E-state index >= 15 is 0 Å². The van der Waals surface area contributed by atoms with E-state index in [-0.39, 0.29) is 29.6 Å². The quantitative estimate of drug-likeness (QED) is 0.678. The third kappa shape index (κ3) is 2.33. The molecular formula is C11H10F5NS. The van der Waals surface area contributed by atoms with Gasteiger partial charge < -0.3 is 5.73 Å². The van der Waals surface area contributed by atoms with Gasteiger partial charge in [-0.25, -0.2) is 8.78 Å². The minimum atomic E-state index is -4.38. The highest BCUT2D eigenvalue weighted by Gasteiger charge is 2.70.